The first-order chi connectivity index (χ1) is 27.8. The number of para-hydroxylation sites is 1. The quantitative estimate of drug-likeness (QED) is 0.146. The molecular weight excluding hydrogens is 728 g/mol. The van der Waals surface area contributed by atoms with Crippen molar-refractivity contribution in [3.63, 3.8) is 0 Å². The predicted octanol–water partition coefficient (Wildman–Crippen LogP) is 4.27. The number of carbonyl (C=O) groups excluding carboxylic acids is 2. The van der Waals surface area contributed by atoms with Gasteiger partial charge in [-0.2, -0.15) is 0 Å². The van der Waals surface area contributed by atoms with Crippen molar-refractivity contribution in [3.05, 3.63) is 70.3 Å². The summed E-state index contributed by atoms with van der Waals surface area (Å²) in [5, 5.41) is 11.3. The summed E-state index contributed by atoms with van der Waals surface area (Å²) < 4.78 is 31.2. The molecule has 1 atom stereocenters. The fourth-order valence-corrected chi connectivity index (χ4v) is 8.92. The molecule has 0 bridgehead atoms. The number of nitrogens with zero attached hydrogens (tertiary/aromatic N) is 5. The molecule has 13 nitrogen and oxygen atoms in total. The fourth-order valence-electron chi connectivity index (χ4n) is 8.92. The Kier molecular flexibility index (Phi) is 10.6. The van der Waals surface area contributed by atoms with Gasteiger partial charge in [0, 0.05) is 94.4 Å². The van der Waals surface area contributed by atoms with Gasteiger partial charge in [0.05, 0.1) is 11.1 Å². The number of anilines is 1. The van der Waals surface area contributed by atoms with Crippen LogP contribution in [0, 0.1) is 5.82 Å². The lowest BCUT2D eigenvalue weighted by atomic mass is 10.0. The van der Waals surface area contributed by atoms with Gasteiger partial charge >= 0.3 is 0 Å². The highest BCUT2D eigenvalue weighted by Crippen LogP contribution is 2.49. The molecule has 3 fully saturated rings. The second-order valence-electron chi connectivity index (χ2n) is 16.0. The number of fused-ring (bicyclic) bond motifs is 5. The Morgan fingerprint density at radius 2 is 1.68 bits per heavy atom. The molecule has 0 spiro atoms. The number of amides is 2. The number of aromatic nitrogens is 1. The SMILES string of the molecule is CN1CCN(CCCNCCC(=O)N[C@@H]2CCN(c3c(F)cc4c(=O)c(C(=O)NCCN5CCCC5)cn5c4c3Oc3cc4c(cc3-5)oc3ccccc34)C2)CC1. The van der Waals surface area contributed by atoms with E-state index in [-0.39, 0.29) is 34.3 Å². The van der Waals surface area contributed by atoms with E-state index in [2.05, 4.69) is 37.7 Å². The van der Waals surface area contributed by atoms with Gasteiger partial charge in [0.1, 0.15) is 27.9 Å². The van der Waals surface area contributed by atoms with Gasteiger partial charge < -0.3 is 49.3 Å². The Morgan fingerprint density at radius 1 is 0.877 bits per heavy atom. The zero-order valence-corrected chi connectivity index (χ0v) is 32.6. The van der Waals surface area contributed by atoms with Gasteiger partial charge in [-0.3, -0.25) is 14.4 Å². The van der Waals surface area contributed by atoms with Crippen LogP contribution in [-0.4, -0.2) is 129 Å². The van der Waals surface area contributed by atoms with Crippen LogP contribution in [0.1, 0.15) is 42.5 Å². The van der Waals surface area contributed by atoms with Crippen molar-refractivity contribution in [1.82, 2.24) is 35.2 Å². The summed E-state index contributed by atoms with van der Waals surface area (Å²) in [7, 11) is 2.16. The minimum Gasteiger partial charge on any atom is -0.456 e. The van der Waals surface area contributed by atoms with E-state index in [9.17, 15) is 14.4 Å². The van der Waals surface area contributed by atoms with Crippen molar-refractivity contribution in [3.8, 4) is 17.2 Å². The van der Waals surface area contributed by atoms with E-state index in [1.54, 1.807) is 10.8 Å². The van der Waals surface area contributed by atoms with Crippen molar-refractivity contribution in [2.24, 2.45) is 0 Å². The number of rotatable bonds is 13. The third-order valence-corrected chi connectivity index (χ3v) is 12.1. The lowest BCUT2D eigenvalue weighted by molar-refractivity contribution is -0.121. The summed E-state index contributed by atoms with van der Waals surface area (Å²) in [6.07, 6.45) is 5.86. The molecule has 3 N–H and O–H groups in total. The number of furan rings is 1. The maximum absolute atomic E-state index is 16.6. The molecule has 0 saturated carbocycles. The average molecular weight is 779 g/mol. The number of pyridine rings is 1. The highest BCUT2D eigenvalue weighted by Gasteiger charge is 2.34. The summed E-state index contributed by atoms with van der Waals surface area (Å²) in [5.74, 6) is -0.531. The van der Waals surface area contributed by atoms with E-state index >= 15 is 4.39 Å². The summed E-state index contributed by atoms with van der Waals surface area (Å²) in [6, 6.07) is 12.5. The molecule has 3 aromatic carbocycles. The molecule has 0 unspecified atom stereocenters. The maximum Gasteiger partial charge on any atom is 0.256 e. The van der Waals surface area contributed by atoms with Crippen molar-refractivity contribution < 1.29 is 23.1 Å². The van der Waals surface area contributed by atoms with Gasteiger partial charge in [-0.25, -0.2) is 4.39 Å². The smallest absolute Gasteiger partial charge is 0.256 e. The van der Waals surface area contributed by atoms with Crippen LogP contribution in [0.3, 0.4) is 0 Å². The van der Waals surface area contributed by atoms with Gasteiger partial charge in [-0.1, -0.05) is 18.2 Å². The second kappa shape index (κ2) is 16.1. The molecule has 9 rings (SSSR count). The zero-order valence-electron chi connectivity index (χ0n) is 32.6. The van der Waals surface area contributed by atoms with Gasteiger partial charge in [-0.05, 0) is 77.1 Å². The summed E-state index contributed by atoms with van der Waals surface area (Å²) in [5.41, 5.74) is 1.86. The number of nitrogens with one attached hydrogen (secondary N) is 3. The van der Waals surface area contributed by atoms with Gasteiger partial charge in [0.2, 0.25) is 11.3 Å². The largest absolute Gasteiger partial charge is 0.456 e. The molecular formula is C43H51FN8O5. The summed E-state index contributed by atoms with van der Waals surface area (Å²) >= 11 is 0. The highest BCUT2D eigenvalue weighted by molar-refractivity contribution is 6.07. The monoisotopic (exact) mass is 778 g/mol. The number of carbonyl (C=O) groups is 2. The van der Waals surface area contributed by atoms with E-state index in [0.717, 1.165) is 82.4 Å². The number of hydrogen-bond acceptors (Lipinski definition) is 10. The average Bonchev–Trinajstić information content (AvgIpc) is 3.98. The molecule has 3 saturated heterocycles. The number of halogens is 1. The van der Waals surface area contributed by atoms with Crippen LogP contribution in [-0.2, 0) is 4.79 Å². The Balaban J connectivity index is 0.950. The van der Waals surface area contributed by atoms with Gasteiger partial charge in [0.15, 0.2) is 17.3 Å². The molecule has 0 aliphatic carbocycles. The van der Waals surface area contributed by atoms with Crippen LogP contribution in [0.4, 0.5) is 10.1 Å². The first-order valence-electron chi connectivity index (χ1n) is 20.5. The Hall–Kier alpha value is -5.02. The number of ether oxygens (including phenoxy) is 1. The van der Waals surface area contributed by atoms with Crippen molar-refractivity contribution in [2.45, 2.75) is 38.1 Å². The van der Waals surface area contributed by atoms with Gasteiger partial charge in [0.25, 0.3) is 5.91 Å². The van der Waals surface area contributed by atoms with Crippen LogP contribution in [0.15, 0.2) is 57.9 Å². The fraction of sp³-hybridized carbons (Fsp3) is 0.465. The minimum atomic E-state index is -0.626. The molecule has 2 aromatic heterocycles. The van der Waals surface area contributed by atoms with E-state index < -0.39 is 17.2 Å². The first kappa shape index (κ1) is 37.6. The van der Waals surface area contributed by atoms with E-state index in [1.807, 2.05) is 41.3 Å². The Morgan fingerprint density at radius 3 is 2.53 bits per heavy atom. The number of likely N-dealkylation sites (N-methyl/N-ethyl adjacent to an activating group) is 1. The van der Waals surface area contributed by atoms with Crippen LogP contribution in [0.25, 0.3) is 38.5 Å². The molecule has 4 aliphatic heterocycles. The number of benzene rings is 3. The van der Waals surface area contributed by atoms with E-state index in [4.69, 9.17) is 9.15 Å². The molecule has 0 radical (unpaired) electrons. The Labute approximate surface area is 330 Å². The second-order valence-corrected chi connectivity index (χ2v) is 16.0. The van der Waals surface area contributed by atoms with E-state index in [0.29, 0.717) is 73.7 Å². The lowest BCUT2D eigenvalue weighted by Crippen LogP contribution is -2.45. The highest BCUT2D eigenvalue weighted by atomic mass is 19.1. The third kappa shape index (κ3) is 7.59. The molecule has 14 heteroatoms. The predicted molar refractivity (Wildman–Crippen MR) is 220 cm³/mol. The van der Waals surface area contributed by atoms with Crippen LogP contribution in [0.5, 0.6) is 11.5 Å². The molecule has 2 amide bonds. The third-order valence-electron chi connectivity index (χ3n) is 12.1. The summed E-state index contributed by atoms with van der Waals surface area (Å²) in [6.45, 7) is 10.9. The van der Waals surface area contributed by atoms with Crippen LogP contribution < -0.4 is 31.0 Å². The van der Waals surface area contributed by atoms with Crippen LogP contribution >= 0.6 is 0 Å². The topological polar surface area (TPSA) is 128 Å². The normalized spacial score (nSPS) is 18.8. The first-order valence-corrected chi connectivity index (χ1v) is 20.5. The molecule has 5 aromatic rings. The van der Waals surface area contributed by atoms with Crippen molar-refractivity contribution in [1.29, 1.82) is 0 Å². The lowest BCUT2D eigenvalue weighted by Gasteiger charge is -2.32. The number of hydrogen-bond donors (Lipinski definition) is 3. The Bertz CT molecular complexity index is 2380. The van der Waals surface area contributed by atoms with Crippen LogP contribution in [0.2, 0.25) is 0 Å². The van der Waals surface area contributed by atoms with E-state index in [1.165, 1.54) is 6.07 Å². The number of piperazine rings is 1. The van der Waals surface area contributed by atoms with Gasteiger partial charge in [-0.15, -0.1) is 0 Å². The molecule has 300 valence electrons. The maximum atomic E-state index is 16.6. The number of likely N-dealkylation sites (tertiary alicyclic amines) is 1. The minimum absolute atomic E-state index is 0.0460. The summed E-state index contributed by atoms with van der Waals surface area (Å²) in [4.78, 5) is 49.7. The molecule has 57 heavy (non-hydrogen) atoms. The van der Waals surface area contributed by atoms with Crippen molar-refractivity contribution >= 4 is 50.3 Å². The molecule has 4 aliphatic rings. The van der Waals surface area contributed by atoms with Crippen molar-refractivity contribution in [2.75, 3.05) is 97.0 Å². The molecule has 6 heterocycles. The zero-order chi connectivity index (χ0) is 39.0. The standard InChI is InChI=1S/C43H51FN8O5/c1-48-19-21-50(22-20-48)16-6-11-45-12-9-38(53)47-28-10-17-51(26-28)40-33(44)23-31-39-42(40)57-37-24-30-29-7-2-3-8-35(29)56-36(30)25-34(37)52(39)27-32(41(31)54)43(55)46-13-18-49-14-4-5-15-49/h2-3,7-8,23-25,27-28,45H,4-6,9-22,26H2,1H3,(H,46,55)(H,47,53)/t28-/m1/s1.